The molecule has 0 amide bonds. The molecule has 0 bridgehead atoms. The summed E-state index contributed by atoms with van der Waals surface area (Å²) in [6.45, 7) is 9.70. The Balaban J connectivity index is 1.02. The van der Waals surface area contributed by atoms with Gasteiger partial charge in [-0.1, -0.05) is 173 Å². The number of benzene rings is 10. The molecule has 0 aromatic heterocycles. The third-order valence-corrected chi connectivity index (χ3v) is 15.7. The Bertz CT molecular complexity index is 3260. The van der Waals surface area contributed by atoms with Crippen molar-refractivity contribution in [2.45, 2.75) is 43.9 Å². The summed E-state index contributed by atoms with van der Waals surface area (Å²) in [4.78, 5) is 4.77. The van der Waals surface area contributed by atoms with Gasteiger partial charge in [-0.2, -0.15) is 0 Å². The molecule has 0 spiro atoms. The minimum atomic E-state index is -0.564. The summed E-state index contributed by atoms with van der Waals surface area (Å²) in [5.74, 6) is 0. The van der Waals surface area contributed by atoms with Crippen molar-refractivity contribution in [3.8, 4) is 33.4 Å². The Kier molecular flexibility index (Phi) is 9.17. The molecule has 0 N–H and O–H groups in total. The van der Waals surface area contributed by atoms with E-state index in [1.165, 1.54) is 77.9 Å². The molecule has 330 valence electrons. The first-order valence-corrected chi connectivity index (χ1v) is 24.3. The fraction of sp³-hybridized carbons (Fsp3) is 0.104. The molecular formula is C67H52N2. The first-order valence-electron chi connectivity index (χ1n) is 24.3. The molecule has 0 saturated heterocycles. The van der Waals surface area contributed by atoms with E-state index in [-0.39, 0.29) is 10.8 Å². The van der Waals surface area contributed by atoms with Gasteiger partial charge in [0.1, 0.15) is 0 Å². The molecule has 2 nitrogen and oxygen atoms in total. The maximum atomic E-state index is 2.59. The molecule has 0 aliphatic heterocycles. The number of nitrogens with zero attached hydrogens (tertiary/aromatic N) is 2. The van der Waals surface area contributed by atoms with Crippen molar-refractivity contribution in [2.75, 3.05) is 9.80 Å². The van der Waals surface area contributed by atoms with Crippen LogP contribution < -0.4 is 9.80 Å². The average Bonchev–Trinajstić information content (AvgIpc) is 3.90. The Morgan fingerprint density at radius 2 is 0.493 bits per heavy atom. The Morgan fingerprint density at radius 1 is 0.232 bits per heavy atom. The zero-order chi connectivity index (χ0) is 46.5. The summed E-state index contributed by atoms with van der Waals surface area (Å²) in [5, 5.41) is 0. The van der Waals surface area contributed by atoms with Crippen molar-refractivity contribution in [3.05, 3.63) is 287 Å². The summed E-state index contributed by atoms with van der Waals surface area (Å²) in [5.41, 5.74) is 24.4. The van der Waals surface area contributed by atoms with Crippen LogP contribution in [-0.2, 0) is 16.2 Å². The van der Waals surface area contributed by atoms with E-state index in [4.69, 9.17) is 0 Å². The van der Waals surface area contributed by atoms with Gasteiger partial charge in [0.15, 0.2) is 0 Å². The van der Waals surface area contributed by atoms with Crippen LogP contribution in [-0.4, -0.2) is 0 Å². The quantitative estimate of drug-likeness (QED) is 0.150. The highest BCUT2D eigenvalue weighted by atomic mass is 15.1. The summed E-state index contributed by atoms with van der Waals surface area (Å²) < 4.78 is 0. The van der Waals surface area contributed by atoms with Crippen molar-refractivity contribution < 1.29 is 0 Å². The van der Waals surface area contributed by atoms with Gasteiger partial charge in [-0.15, -0.1) is 0 Å². The third kappa shape index (κ3) is 6.04. The lowest BCUT2D eigenvalue weighted by Gasteiger charge is -2.34. The highest BCUT2D eigenvalue weighted by Crippen LogP contribution is 2.63. The predicted molar refractivity (Wildman–Crippen MR) is 288 cm³/mol. The lowest BCUT2D eigenvalue weighted by Crippen LogP contribution is -2.29. The van der Waals surface area contributed by atoms with E-state index >= 15 is 0 Å². The van der Waals surface area contributed by atoms with E-state index in [0.29, 0.717) is 0 Å². The maximum absolute atomic E-state index is 2.59. The molecule has 0 radical (unpaired) electrons. The van der Waals surface area contributed by atoms with Gasteiger partial charge >= 0.3 is 0 Å². The van der Waals surface area contributed by atoms with Gasteiger partial charge in [0.25, 0.3) is 0 Å². The predicted octanol–water partition coefficient (Wildman–Crippen LogP) is 17.6. The Hall–Kier alpha value is -8.20. The molecule has 0 heterocycles. The highest BCUT2D eigenvalue weighted by Gasteiger charge is 2.50. The van der Waals surface area contributed by atoms with Gasteiger partial charge in [-0.25, -0.2) is 0 Å². The second-order valence-electron chi connectivity index (χ2n) is 20.1. The van der Waals surface area contributed by atoms with Gasteiger partial charge in [-0.05, 0) is 175 Å². The Morgan fingerprint density at radius 3 is 0.812 bits per heavy atom. The lowest BCUT2D eigenvalue weighted by atomic mass is 9.67. The van der Waals surface area contributed by atoms with E-state index in [1.807, 2.05) is 0 Å². The normalized spacial score (nSPS) is 14.7. The number of para-hydroxylation sites is 4. The number of hydrogen-bond acceptors (Lipinski definition) is 2. The van der Waals surface area contributed by atoms with E-state index in [0.717, 1.165) is 34.1 Å². The molecule has 10 aromatic rings. The van der Waals surface area contributed by atoms with Gasteiger partial charge < -0.3 is 9.80 Å². The van der Waals surface area contributed by atoms with Crippen LogP contribution in [0.1, 0.15) is 72.2 Å². The lowest BCUT2D eigenvalue weighted by molar-refractivity contribution is 0.659. The third-order valence-electron chi connectivity index (χ3n) is 15.7. The molecule has 0 unspecified atom stereocenters. The van der Waals surface area contributed by atoms with Crippen molar-refractivity contribution >= 4 is 34.1 Å². The average molecular weight is 885 g/mol. The van der Waals surface area contributed by atoms with Gasteiger partial charge in [0, 0.05) is 45.0 Å². The summed E-state index contributed by atoms with van der Waals surface area (Å²) >= 11 is 0. The van der Waals surface area contributed by atoms with E-state index in [9.17, 15) is 0 Å². The molecule has 0 fully saturated rings. The molecular weight excluding hydrogens is 833 g/mol. The van der Waals surface area contributed by atoms with Crippen LogP contribution >= 0.6 is 0 Å². The molecule has 3 aliphatic rings. The first-order chi connectivity index (χ1) is 33.7. The van der Waals surface area contributed by atoms with Crippen LogP contribution in [0.5, 0.6) is 0 Å². The van der Waals surface area contributed by atoms with Gasteiger partial charge in [0.2, 0.25) is 0 Å². The highest BCUT2D eigenvalue weighted by molar-refractivity contribution is 5.97. The van der Waals surface area contributed by atoms with Gasteiger partial charge in [-0.3, -0.25) is 0 Å². The van der Waals surface area contributed by atoms with E-state index < -0.39 is 5.41 Å². The topological polar surface area (TPSA) is 6.48 Å². The molecule has 10 aromatic carbocycles. The molecule has 69 heavy (non-hydrogen) atoms. The number of hydrogen-bond donors (Lipinski definition) is 0. The van der Waals surface area contributed by atoms with Crippen molar-refractivity contribution in [2.24, 2.45) is 0 Å². The van der Waals surface area contributed by atoms with Crippen LogP contribution in [0.15, 0.2) is 243 Å². The van der Waals surface area contributed by atoms with Gasteiger partial charge in [0.05, 0.1) is 5.41 Å². The zero-order valence-electron chi connectivity index (χ0n) is 39.5. The van der Waals surface area contributed by atoms with Crippen molar-refractivity contribution in [3.63, 3.8) is 0 Å². The van der Waals surface area contributed by atoms with E-state index in [1.54, 1.807) is 0 Å². The summed E-state index contributed by atoms with van der Waals surface area (Å²) in [7, 11) is 0. The molecule has 0 atom stereocenters. The largest absolute Gasteiger partial charge is 0.310 e. The minimum absolute atomic E-state index is 0.258. The van der Waals surface area contributed by atoms with Crippen LogP contribution in [0.2, 0.25) is 0 Å². The summed E-state index contributed by atoms with van der Waals surface area (Å²) in [6, 6.07) is 90.2. The van der Waals surface area contributed by atoms with Crippen molar-refractivity contribution in [1.82, 2.24) is 0 Å². The van der Waals surface area contributed by atoms with Crippen LogP contribution in [0.4, 0.5) is 34.1 Å². The standard InChI is InChI=1S/C67H52N2/c1-65(2)59-39-51(68(47-27-15-7-16-28-47)48-29-17-8-18-30-48)35-37-53(59)55-43-63-57(41-61(55)65)58-42-62-56(44-64(58)67(63,45-23-11-5-12-24-45)46-25-13-6-14-26-46)54-38-36-52(40-60(54)66(62,3)4)69(49-31-19-9-20-32-49)50-33-21-10-22-34-50/h5-44H,1-4H3. The molecule has 13 rings (SSSR count). The first kappa shape index (κ1) is 41.0. The number of fused-ring (bicyclic) bond motifs is 9. The fourth-order valence-corrected chi connectivity index (χ4v) is 12.4. The smallest absolute Gasteiger partial charge is 0.0714 e. The van der Waals surface area contributed by atoms with Crippen molar-refractivity contribution in [1.29, 1.82) is 0 Å². The van der Waals surface area contributed by atoms with Crippen LogP contribution in [0, 0.1) is 0 Å². The summed E-state index contributed by atoms with van der Waals surface area (Å²) in [6.07, 6.45) is 0. The maximum Gasteiger partial charge on any atom is 0.0714 e. The second-order valence-corrected chi connectivity index (χ2v) is 20.1. The second kappa shape index (κ2) is 15.4. The molecule has 3 aliphatic carbocycles. The Labute approximate surface area is 406 Å². The van der Waals surface area contributed by atoms with Crippen LogP contribution in [0.25, 0.3) is 33.4 Å². The van der Waals surface area contributed by atoms with E-state index in [2.05, 4.69) is 280 Å². The monoisotopic (exact) mass is 884 g/mol. The number of rotatable bonds is 8. The fourth-order valence-electron chi connectivity index (χ4n) is 12.4. The zero-order valence-corrected chi connectivity index (χ0v) is 39.5. The molecule has 2 heteroatoms. The molecule has 0 saturated carbocycles. The number of anilines is 6. The minimum Gasteiger partial charge on any atom is -0.310 e. The SMILES string of the molecule is CC1(C)c2cc(N(c3ccccc3)c3ccccc3)ccc2-c2cc3c(cc21)-c1cc2c(cc1C3(c1ccccc1)c1ccccc1)-c1ccc(N(c3ccccc3)c3ccccc3)cc1C2(C)C. The van der Waals surface area contributed by atoms with Crippen LogP contribution in [0.3, 0.4) is 0 Å².